The normalized spacial score (nSPS) is 23.9. The summed E-state index contributed by atoms with van der Waals surface area (Å²) in [5.41, 5.74) is 1.17. The SMILES string of the molecule is CN1CCC(C(=O)N2CCC(Cc3ccc(F)cc3)C2)CC1. The van der Waals surface area contributed by atoms with Crippen LogP contribution >= 0.6 is 0 Å². The molecule has 0 aliphatic carbocycles. The third-order valence-corrected chi connectivity index (χ3v) is 5.10. The predicted molar refractivity (Wildman–Crippen MR) is 85.0 cm³/mol. The molecule has 3 nitrogen and oxygen atoms in total. The minimum atomic E-state index is -0.186. The largest absolute Gasteiger partial charge is 0.342 e. The molecular weight excluding hydrogens is 279 g/mol. The zero-order valence-corrected chi connectivity index (χ0v) is 13.3. The van der Waals surface area contributed by atoms with Crippen LogP contribution in [0.2, 0.25) is 0 Å². The predicted octanol–water partition coefficient (Wildman–Crippen LogP) is 2.56. The number of carbonyl (C=O) groups is 1. The number of hydrogen-bond acceptors (Lipinski definition) is 2. The number of benzene rings is 1. The zero-order chi connectivity index (χ0) is 15.5. The van der Waals surface area contributed by atoms with Crippen LogP contribution in [0, 0.1) is 17.7 Å². The maximum absolute atomic E-state index is 12.9. The van der Waals surface area contributed by atoms with Crippen molar-refractivity contribution in [1.82, 2.24) is 9.80 Å². The molecule has 120 valence electrons. The van der Waals surface area contributed by atoms with Crippen LogP contribution in [0.1, 0.15) is 24.8 Å². The fraction of sp³-hybridized carbons (Fsp3) is 0.611. The average molecular weight is 304 g/mol. The summed E-state index contributed by atoms with van der Waals surface area (Å²) in [6.07, 6.45) is 4.00. The Morgan fingerprint density at radius 3 is 2.50 bits per heavy atom. The first kappa shape index (κ1) is 15.5. The Labute approximate surface area is 132 Å². The highest BCUT2D eigenvalue weighted by Crippen LogP contribution is 2.25. The molecule has 2 aliphatic heterocycles. The van der Waals surface area contributed by atoms with E-state index in [9.17, 15) is 9.18 Å². The van der Waals surface area contributed by atoms with Crippen LogP contribution in [0.15, 0.2) is 24.3 Å². The quantitative estimate of drug-likeness (QED) is 0.857. The molecule has 2 fully saturated rings. The van der Waals surface area contributed by atoms with Crippen molar-refractivity contribution in [1.29, 1.82) is 0 Å². The fourth-order valence-electron chi connectivity index (χ4n) is 3.67. The van der Waals surface area contributed by atoms with Gasteiger partial charge in [0, 0.05) is 19.0 Å². The Balaban J connectivity index is 1.51. The molecule has 1 aromatic carbocycles. The van der Waals surface area contributed by atoms with Gasteiger partial charge in [-0.15, -0.1) is 0 Å². The second-order valence-corrected chi connectivity index (χ2v) is 6.85. The molecule has 2 heterocycles. The van der Waals surface area contributed by atoms with Gasteiger partial charge in [-0.1, -0.05) is 12.1 Å². The minimum absolute atomic E-state index is 0.186. The lowest BCUT2D eigenvalue weighted by molar-refractivity contribution is -0.136. The van der Waals surface area contributed by atoms with Crippen LogP contribution in [0.3, 0.4) is 0 Å². The molecule has 4 heteroatoms. The van der Waals surface area contributed by atoms with Crippen molar-refractivity contribution in [3.63, 3.8) is 0 Å². The van der Waals surface area contributed by atoms with E-state index in [1.807, 2.05) is 12.1 Å². The third kappa shape index (κ3) is 3.67. The van der Waals surface area contributed by atoms with Gasteiger partial charge in [0.1, 0.15) is 5.82 Å². The van der Waals surface area contributed by atoms with E-state index >= 15 is 0 Å². The summed E-state index contributed by atoms with van der Waals surface area (Å²) in [5, 5.41) is 0. The van der Waals surface area contributed by atoms with E-state index in [4.69, 9.17) is 0 Å². The van der Waals surface area contributed by atoms with Crippen LogP contribution in [-0.2, 0) is 11.2 Å². The second kappa shape index (κ2) is 6.78. The van der Waals surface area contributed by atoms with Crippen molar-refractivity contribution in [3.05, 3.63) is 35.6 Å². The van der Waals surface area contributed by atoms with Crippen molar-refractivity contribution >= 4 is 5.91 Å². The van der Waals surface area contributed by atoms with Gasteiger partial charge in [0.2, 0.25) is 5.91 Å². The maximum atomic E-state index is 12.9. The van der Waals surface area contributed by atoms with Gasteiger partial charge in [-0.3, -0.25) is 4.79 Å². The molecule has 1 amide bonds. The number of piperidine rings is 1. The van der Waals surface area contributed by atoms with E-state index < -0.39 is 0 Å². The molecule has 0 saturated carbocycles. The van der Waals surface area contributed by atoms with E-state index in [0.29, 0.717) is 11.8 Å². The van der Waals surface area contributed by atoms with Crippen molar-refractivity contribution in [2.45, 2.75) is 25.7 Å². The van der Waals surface area contributed by atoms with Crippen LogP contribution < -0.4 is 0 Å². The van der Waals surface area contributed by atoms with Crippen molar-refractivity contribution < 1.29 is 9.18 Å². The maximum Gasteiger partial charge on any atom is 0.225 e. The number of rotatable bonds is 3. The van der Waals surface area contributed by atoms with Gasteiger partial charge in [-0.25, -0.2) is 4.39 Å². The van der Waals surface area contributed by atoms with E-state index in [1.165, 1.54) is 17.7 Å². The van der Waals surface area contributed by atoms with Crippen LogP contribution in [0.25, 0.3) is 0 Å². The Hall–Kier alpha value is -1.42. The van der Waals surface area contributed by atoms with Crippen LogP contribution in [0.5, 0.6) is 0 Å². The lowest BCUT2D eigenvalue weighted by Crippen LogP contribution is -2.40. The number of amides is 1. The topological polar surface area (TPSA) is 23.6 Å². The first-order valence-corrected chi connectivity index (χ1v) is 8.33. The number of halogens is 1. The summed E-state index contributed by atoms with van der Waals surface area (Å²) in [5.74, 6) is 0.908. The molecule has 1 unspecified atom stereocenters. The van der Waals surface area contributed by atoms with Crippen LogP contribution in [-0.4, -0.2) is 48.9 Å². The Bertz CT molecular complexity index is 508. The smallest absolute Gasteiger partial charge is 0.225 e. The molecular formula is C18H25FN2O. The van der Waals surface area contributed by atoms with Gasteiger partial charge in [0.25, 0.3) is 0 Å². The van der Waals surface area contributed by atoms with Crippen molar-refractivity contribution in [3.8, 4) is 0 Å². The zero-order valence-electron chi connectivity index (χ0n) is 13.3. The molecule has 1 aromatic rings. The third-order valence-electron chi connectivity index (χ3n) is 5.10. The fourth-order valence-corrected chi connectivity index (χ4v) is 3.67. The Morgan fingerprint density at radius 1 is 1.14 bits per heavy atom. The van der Waals surface area contributed by atoms with E-state index in [-0.39, 0.29) is 11.7 Å². The van der Waals surface area contributed by atoms with Crippen molar-refractivity contribution in [2.24, 2.45) is 11.8 Å². The summed E-state index contributed by atoms with van der Waals surface area (Å²) < 4.78 is 12.9. The Kier molecular flexibility index (Phi) is 4.77. The molecule has 2 aliphatic rings. The van der Waals surface area contributed by atoms with E-state index in [2.05, 4.69) is 16.8 Å². The van der Waals surface area contributed by atoms with Gasteiger partial charge in [-0.2, -0.15) is 0 Å². The van der Waals surface area contributed by atoms with Gasteiger partial charge < -0.3 is 9.80 Å². The minimum Gasteiger partial charge on any atom is -0.342 e. The first-order valence-electron chi connectivity index (χ1n) is 8.33. The molecule has 22 heavy (non-hydrogen) atoms. The lowest BCUT2D eigenvalue weighted by Gasteiger charge is -2.30. The molecule has 0 radical (unpaired) electrons. The summed E-state index contributed by atoms with van der Waals surface area (Å²) >= 11 is 0. The number of carbonyl (C=O) groups excluding carboxylic acids is 1. The first-order chi connectivity index (χ1) is 10.6. The van der Waals surface area contributed by atoms with Gasteiger partial charge in [-0.05, 0) is 69.4 Å². The molecule has 0 aromatic heterocycles. The average Bonchev–Trinajstić information content (AvgIpc) is 2.98. The second-order valence-electron chi connectivity index (χ2n) is 6.85. The summed E-state index contributed by atoms with van der Waals surface area (Å²) in [6, 6.07) is 6.75. The highest BCUT2D eigenvalue weighted by molar-refractivity contribution is 5.79. The van der Waals surface area contributed by atoms with E-state index in [0.717, 1.165) is 51.9 Å². The molecule has 1 atom stereocenters. The molecule has 0 bridgehead atoms. The molecule has 0 N–H and O–H groups in total. The standard InChI is InChI=1S/C18H25FN2O/c1-20-9-7-16(8-10-20)18(22)21-11-6-15(13-21)12-14-2-4-17(19)5-3-14/h2-5,15-16H,6-13H2,1H3. The van der Waals surface area contributed by atoms with Gasteiger partial charge in [0.15, 0.2) is 0 Å². The number of nitrogens with zero attached hydrogens (tertiary/aromatic N) is 2. The molecule has 0 spiro atoms. The van der Waals surface area contributed by atoms with E-state index in [1.54, 1.807) is 0 Å². The summed E-state index contributed by atoms with van der Waals surface area (Å²) in [7, 11) is 2.12. The highest BCUT2D eigenvalue weighted by atomic mass is 19.1. The molecule has 3 rings (SSSR count). The monoisotopic (exact) mass is 304 g/mol. The van der Waals surface area contributed by atoms with Gasteiger partial charge in [0.05, 0.1) is 0 Å². The highest BCUT2D eigenvalue weighted by Gasteiger charge is 2.32. The summed E-state index contributed by atoms with van der Waals surface area (Å²) in [6.45, 7) is 3.81. The number of likely N-dealkylation sites (tertiary alicyclic amines) is 2. The van der Waals surface area contributed by atoms with Gasteiger partial charge >= 0.3 is 0 Å². The Morgan fingerprint density at radius 2 is 1.82 bits per heavy atom. The molecule has 2 saturated heterocycles. The lowest BCUT2D eigenvalue weighted by atomic mass is 9.95. The number of hydrogen-bond donors (Lipinski definition) is 0. The van der Waals surface area contributed by atoms with Crippen molar-refractivity contribution in [2.75, 3.05) is 33.2 Å². The van der Waals surface area contributed by atoms with Crippen LogP contribution in [0.4, 0.5) is 4.39 Å². The summed E-state index contributed by atoms with van der Waals surface area (Å²) in [4.78, 5) is 17.0.